The lowest BCUT2D eigenvalue weighted by Crippen LogP contribution is -2.54. The minimum absolute atomic E-state index is 0.0892. The Bertz CT molecular complexity index is 1360. The zero-order valence-corrected chi connectivity index (χ0v) is 23.4. The lowest BCUT2D eigenvalue weighted by atomic mass is 9.84. The van der Waals surface area contributed by atoms with Gasteiger partial charge in [0, 0.05) is 19.0 Å². The highest BCUT2D eigenvalue weighted by Crippen LogP contribution is 2.44. The quantitative estimate of drug-likeness (QED) is 0.355. The van der Waals surface area contributed by atoms with Gasteiger partial charge in [-0.2, -0.15) is 0 Å². The van der Waals surface area contributed by atoms with Gasteiger partial charge < -0.3 is 24.8 Å². The second-order valence-corrected chi connectivity index (χ2v) is 10.9. The number of amides is 2. The lowest BCUT2D eigenvalue weighted by Gasteiger charge is -2.30. The number of aliphatic carboxylic acids is 1. The fourth-order valence-corrected chi connectivity index (χ4v) is 5.92. The summed E-state index contributed by atoms with van der Waals surface area (Å²) in [6.07, 6.45) is -0.637. The molecule has 0 bridgehead atoms. The number of carbonyl (C=O) groups excluding carboxylic acids is 2. The maximum atomic E-state index is 13.7. The van der Waals surface area contributed by atoms with Crippen molar-refractivity contribution in [2.24, 2.45) is 5.41 Å². The van der Waals surface area contributed by atoms with Crippen LogP contribution in [-0.4, -0.2) is 59.8 Å². The van der Waals surface area contributed by atoms with E-state index in [2.05, 4.69) is 17.4 Å². The van der Waals surface area contributed by atoms with Crippen LogP contribution in [0.2, 0.25) is 0 Å². The highest BCUT2D eigenvalue weighted by Gasteiger charge is 2.46. The van der Waals surface area contributed by atoms with E-state index in [1.807, 2.05) is 73.7 Å². The van der Waals surface area contributed by atoms with Crippen LogP contribution in [0.15, 0.2) is 78.9 Å². The second-order valence-electron chi connectivity index (χ2n) is 10.9. The number of carboxylic acid groups (broad SMARTS) is 1. The van der Waals surface area contributed by atoms with Crippen LogP contribution in [0.25, 0.3) is 11.1 Å². The van der Waals surface area contributed by atoms with E-state index in [4.69, 9.17) is 9.47 Å². The molecule has 1 heterocycles. The molecule has 2 N–H and O–H groups in total. The van der Waals surface area contributed by atoms with Crippen molar-refractivity contribution in [3.63, 3.8) is 0 Å². The van der Waals surface area contributed by atoms with Gasteiger partial charge in [-0.15, -0.1) is 0 Å². The first kappa shape index (κ1) is 28.4. The van der Waals surface area contributed by atoms with Crippen molar-refractivity contribution in [2.75, 3.05) is 19.7 Å². The summed E-state index contributed by atoms with van der Waals surface area (Å²) in [5.74, 6) is -1.41. The number of alkyl carbamates (subject to hydrolysis) is 1. The molecule has 0 saturated carbocycles. The van der Waals surface area contributed by atoms with Gasteiger partial charge in [0.15, 0.2) is 0 Å². The number of carbonyl (C=O) groups is 3. The maximum absolute atomic E-state index is 13.7. The zero-order chi connectivity index (χ0) is 29.0. The van der Waals surface area contributed by atoms with Gasteiger partial charge in [-0.05, 0) is 47.6 Å². The van der Waals surface area contributed by atoms with Crippen LogP contribution in [0.1, 0.15) is 49.3 Å². The fraction of sp³-hybridized carbons (Fsp3) is 0.364. The number of likely N-dealkylation sites (tertiary alicyclic amines) is 1. The number of benzene rings is 3. The van der Waals surface area contributed by atoms with Crippen molar-refractivity contribution in [3.05, 3.63) is 95.6 Å². The Hall–Kier alpha value is -4.17. The summed E-state index contributed by atoms with van der Waals surface area (Å²) in [7, 11) is 0. The minimum atomic E-state index is -1.05. The van der Waals surface area contributed by atoms with E-state index < -0.39 is 29.6 Å². The van der Waals surface area contributed by atoms with Gasteiger partial charge in [0.1, 0.15) is 12.6 Å². The highest BCUT2D eigenvalue weighted by molar-refractivity contribution is 5.88. The summed E-state index contributed by atoms with van der Waals surface area (Å²) >= 11 is 0. The molecule has 2 amide bonds. The van der Waals surface area contributed by atoms with Crippen molar-refractivity contribution >= 4 is 18.0 Å². The molecule has 0 spiro atoms. The Morgan fingerprint density at radius 3 is 2.17 bits per heavy atom. The lowest BCUT2D eigenvalue weighted by molar-refractivity contribution is -0.149. The summed E-state index contributed by atoms with van der Waals surface area (Å²) in [6, 6.07) is 24.7. The molecule has 1 aliphatic heterocycles. The Morgan fingerprint density at radius 2 is 1.59 bits per heavy atom. The zero-order valence-electron chi connectivity index (χ0n) is 23.4. The van der Waals surface area contributed by atoms with Gasteiger partial charge in [-0.25, -0.2) is 4.79 Å². The predicted molar refractivity (Wildman–Crippen MR) is 154 cm³/mol. The molecule has 1 unspecified atom stereocenters. The Labute approximate surface area is 240 Å². The molecule has 1 fully saturated rings. The molecule has 3 atom stereocenters. The number of fused-ring (bicyclic) bond motifs is 3. The van der Waals surface area contributed by atoms with Gasteiger partial charge >= 0.3 is 12.1 Å². The molecule has 1 saturated heterocycles. The molecule has 3 aromatic rings. The number of hydrogen-bond donors (Lipinski definition) is 2. The first-order valence-corrected chi connectivity index (χ1v) is 14.1. The number of nitrogens with zero attached hydrogens (tertiary/aromatic N) is 1. The molecular weight excluding hydrogens is 520 g/mol. The Balaban J connectivity index is 1.29. The summed E-state index contributed by atoms with van der Waals surface area (Å²) in [6.45, 7) is 4.31. The van der Waals surface area contributed by atoms with Crippen LogP contribution in [-0.2, 0) is 25.7 Å². The molecule has 0 radical (unpaired) electrons. The van der Waals surface area contributed by atoms with Crippen molar-refractivity contribution in [1.82, 2.24) is 10.2 Å². The molecule has 0 aromatic heterocycles. The van der Waals surface area contributed by atoms with Crippen molar-refractivity contribution in [3.8, 4) is 11.1 Å². The third-order valence-electron chi connectivity index (χ3n) is 8.50. The molecule has 8 nitrogen and oxygen atoms in total. The van der Waals surface area contributed by atoms with Crippen molar-refractivity contribution in [2.45, 2.75) is 51.4 Å². The fourth-order valence-electron chi connectivity index (χ4n) is 5.92. The molecule has 3 aromatic carbocycles. The Morgan fingerprint density at radius 1 is 0.976 bits per heavy atom. The van der Waals surface area contributed by atoms with Crippen LogP contribution in [0, 0.1) is 5.41 Å². The number of nitrogens with one attached hydrogen (secondary N) is 1. The molecule has 41 heavy (non-hydrogen) atoms. The molecule has 5 rings (SSSR count). The predicted octanol–water partition coefficient (Wildman–Crippen LogP) is 5.21. The second kappa shape index (κ2) is 12.1. The van der Waals surface area contributed by atoms with Crippen LogP contribution in [0.5, 0.6) is 0 Å². The summed E-state index contributed by atoms with van der Waals surface area (Å²) in [4.78, 5) is 40.4. The topological polar surface area (TPSA) is 105 Å². The van der Waals surface area contributed by atoms with E-state index in [-0.39, 0.29) is 31.6 Å². The third-order valence-corrected chi connectivity index (χ3v) is 8.50. The van der Waals surface area contributed by atoms with Gasteiger partial charge in [-0.1, -0.05) is 85.8 Å². The first-order chi connectivity index (χ1) is 19.8. The van der Waals surface area contributed by atoms with Gasteiger partial charge in [0.25, 0.3) is 0 Å². The van der Waals surface area contributed by atoms with Crippen LogP contribution < -0.4 is 5.32 Å². The number of rotatable bonds is 10. The highest BCUT2D eigenvalue weighted by atomic mass is 16.5. The SMILES string of the molecule is CCC1(C(=O)O)CCN(C(=O)[C@H](NC(=O)OCC2c3ccccc3-c3ccccc32)[C@H](C)OCc2ccccc2)C1. The molecule has 2 aliphatic rings. The van der Waals surface area contributed by atoms with E-state index in [1.165, 1.54) is 4.90 Å². The average Bonchev–Trinajstić information content (AvgIpc) is 3.59. The largest absolute Gasteiger partial charge is 0.481 e. The van der Waals surface area contributed by atoms with Gasteiger partial charge in [-0.3, -0.25) is 9.59 Å². The monoisotopic (exact) mass is 556 g/mol. The van der Waals surface area contributed by atoms with Crippen LogP contribution >= 0.6 is 0 Å². The van der Waals surface area contributed by atoms with E-state index >= 15 is 0 Å². The summed E-state index contributed by atoms with van der Waals surface area (Å²) in [5.41, 5.74) is 4.38. The molecule has 8 heteroatoms. The van der Waals surface area contributed by atoms with E-state index in [0.717, 1.165) is 27.8 Å². The Kier molecular flexibility index (Phi) is 8.40. The maximum Gasteiger partial charge on any atom is 0.407 e. The summed E-state index contributed by atoms with van der Waals surface area (Å²) < 4.78 is 11.8. The van der Waals surface area contributed by atoms with Crippen molar-refractivity contribution < 1.29 is 29.0 Å². The average molecular weight is 557 g/mol. The van der Waals surface area contributed by atoms with E-state index in [9.17, 15) is 19.5 Å². The van der Waals surface area contributed by atoms with Gasteiger partial charge in [0.05, 0.1) is 18.1 Å². The van der Waals surface area contributed by atoms with Crippen molar-refractivity contribution in [1.29, 1.82) is 0 Å². The first-order valence-electron chi connectivity index (χ1n) is 14.1. The van der Waals surface area contributed by atoms with E-state index in [0.29, 0.717) is 19.4 Å². The molecular formula is C33H36N2O6. The smallest absolute Gasteiger partial charge is 0.407 e. The van der Waals surface area contributed by atoms with E-state index in [1.54, 1.807) is 6.92 Å². The standard InChI is InChI=1S/C33H36N2O6/c1-3-33(31(37)38)17-18-35(21-33)30(36)29(22(2)40-19-23-11-5-4-6-12-23)34-32(39)41-20-28-26-15-9-7-13-24(26)25-14-8-10-16-27(25)28/h4-16,22,28-29H,3,17-21H2,1-2H3,(H,34,39)(H,37,38)/t22-,29+,33?/m0/s1. The molecule has 214 valence electrons. The number of ether oxygens (including phenoxy) is 2. The van der Waals surface area contributed by atoms with Crippen LogP contribution in [0.4, 0.5) is 4.79 Å². The molecule has 1 aliphatic carbocycles. The normalized spacial score (nSPS) is 19.2. The number of carboxylic acids is 1. The van der Waals surface area contributed by atoms with Crippen LogP contribution in [0.3, 0.4) is 0 Å². The minimum Gasteiger partial charge on any atom is -0.481 e. The van der Waals surface area contributed by atoms with Gasteiger partial charge in [0.2, 0.25) is 5.91 Å². The third kappa shape index (κ3) is 5.84. The number of hydrogen-bond acceptors (Lipinski definition) is 5. The summed E-state index contributed by atoms with van der Waals surface area (Å²) in [5, 5.41) is 12.6.